The third kappa shape index (κ3) is 3.87. The molecule has 0 spiro atoms. The first-order chi connectivity index (χ1) is 8.08. The molecule has 0 aliphatic rings. The van der Waals surface area contributed by atoms with Crippen molar-refractivity contribution >= 4 is 34.6 Å². The second kappa shape index (κ2) is 6.42. The Labute approximate surface area is 110 Å². The fourth-order valence-electron chi connectivity index (χ4n) is 1.07. The lowest BCUT2D eigenvalue weighted by atomic mass is 10.3. The maximum atomic E-state index is 13.5. The molecule has 0 aliphatic carbocycles. The van der Waals surface area contributed by atoms with Gasteiger partial charge in [0, 0.05) is 13.1 Å². The van der Waals surface area contributed by atoms with Gasteiger partial charge in [-0.25, -0.2) is 4.39 Å². The van der Waals surface area contributed by atoms with Crippen LogP contribution in [0.1, 0.15) is 0 Å². The summed E-state index contributed by atoms with van der Waals surface area (Å²) in [5.74, 6) is -0.132. The second-order valence-corrected chi connectivity index (χ2v) is 3.88. The van der Waals surface area contributed by atoms with E-state index in [0.717, 1.165) is 0 Å². The van der Waals surface area contributed by atoms with Gasteiger partial charge in [0.2, 0.25) is 0 Å². The Hall–Kier alpha value is -1.33. The number of rotatable bonds is 4. The fraction of sp³-hybridized carbons (Fsp3) is 0.182. The average Bonchev–Trinajstić information content (AvgIpc) is 2.30. The highest BCUT2D eigenvalue weighted by Gasteiger charge is 2.10. The summed E-state index contributed by atoms with van der Waals surface area (Å²) in [6.45, 7) is 3.81. The van der Waals surface area contributed by atoms with Crippen LogP contribution < -0.4 is 15.4 Å². The number of hydrogen-bond donors (Lipinski definition) is 2. The minimum atomic E-state index is -0.501. The number of anilines is 1. The molecule has 1 aromatic carbocycles. The van der Waals surface area contributed by atoms with Crippen LogP contribution in [0.4, 0.5) is 10.1 Å². The van der Waals surface area contributed by atoms with E-state index in [2.05, 4.69) is 17.2 Å². The van der Waals surface area contributed by atoms with Crippen molar-refractivity contribution < 1.29 is 9.13 Å². The molecule has 0 aliphatic heterocycles. The molecule has 0 heterocycles. The molecule has 0 unspecified atom stereocenters. The van der Waals surface area contributed by atoms with Gasteiger partial charge in [0.1, 0.15) is 18.2 Å². The predicted octanol–water partition coefficient (Wildman–Crippen LogP) is 2.96. The highest BCUT2D eigenvalue weighted by Crippen LogP contribution is 2.30. The molecule has 0 radical (unpaired) electrons. The van der Waals surface area contributed by atoms with Gasteiger partial charge in [-0.1, -0.05) is 24.3 Å². The van der Waals surface area contributed by atoms with E-state index in [9.17, 15) is 4.39 Å². The topological polar surface area (TPSA) is 33.3 Å². The van der Waals surface area contributed by atoms with Crippen LogP contribution in [0.5, 0.6) is 5.75 Å². The van der Waals surface area contributed by atoms with Gasteiger partial charge in [-0.2, -0.15) is 0 Å². The third-order valence-corrected chi connectivity index (χ3v) is 2.46. The lowest BCUT2D eigenvalue weighted by Gasteiger charge is -2.11. The van der Waals surface area contributed by atoms with Crippen LogP contribution in [0.25, 0.3) is 0 Å². The van der Waals surface area contributed by atoms with E-state index in [1.165, 1.54) is 12.1 Å². The summed E-state index contributed by atoms with van der Waals surface area (Å²) >= 11 is 10.7. The summed E-state index contributed by atoms with van der Waals surface area (Å²) in [5.41, 5.74) is 0.202. The molecule has 0 bridgehead atoms. The van der Waals surface area contributed by atoms with Crippen LogP contribution in [-0.2, 0) is 0 Å². The highest BCUT2D eigenvalue weighted by atomic mass is 35.5. The molecule has 3 nitrogen and oxygen atoms in total. The second-order valence-electron chi connectivity index (χ2n) is 3.07. The lowest BCUT2D eigenvalue weighted by Crippen LogP contribution is -2.24. The summed E-state index contributed by atoms with van der Waals surface area (Å²) in [6, 6.07) is 2.62. The van der Waals surface area contributed by atoms with Crippen molar-refractivity contribution in [3.05, 3.63) is 35.6 Å². The van der Waals surface area contributed by atoms with E-state index in [0.29, 0.717) is 17.5 Å². The molecule has 92 valence electrons. The first-order valence-electron chi connectivity index (χ1n) is 4.80. The molecule has 0 fully saturated rings. The normalized spacial score (nSPS) is 9.59. The van der Waals surface area contributed by atoms with Crippen molar-refractivity contribution in [1.29, 1.82) is 0 Å². The Balaban J connectivity index is 2.96. The molecule has 1 rings (SSSR count). The van der Waals surface area contributed by atoms with Gasteiger partial charge in [0.05, 0.1) is 10.7 Å². The largest absolute Gasteiger partial charge is 0.488 e. The predicted molar refractivity (Wildman–Crippen MR) is 72.4 cm³/mol. The molecule has 2 N–H and O–H groups in total. The summed E-state index contributed by atoms with van der Waals surface area (Å²) in [4.78, 5) is 0. The molecule has 17 heavy (non-hydrogen) atoms. The molecule has 0 aromatic heterocycles. The van der Waals surface area contributed by atoms with E-state index >= 15 is 0 Å². The number of hydrogen-bond acceptors (Lipinski definition) is 2. The quantitative estimate of drug-likeness (QED) is 0.653. The van der Waals surface area contributed by atoms with Crippen molar-refractivity contribution in [3.8, 4) is 5.75 Å². The number of halogens is 2. The number of nitrogens with one attached hydrogen (secondary N) is 2. The first-order valence-corrected chi connectivity index (χ1v) is 5.58. The average molecular weight is 275 g/mol. The van der Waals surface area contributed by atoms with Crippen LogP contribution in [0.2, 0.25) is 5.02 Å². The minimum absolute atomic E-state index is 0.199. The van der Waals surface area contributed by atoms with Gasteiger partial charge in [-0.3, -0.25) is 0 Å². The smallest absolute Gasteiger partial charge is 0.170 e. The number of ether oxygens (including phenoxy) is 1. The van der Waals surface area contributed by atoms with Crippen LogP contribution >= 0.6 is 23.8 Å². The molecular formula is C11H12ClFN2OS. The van der Waals surface area contributed by atoms with Gasteiger partial charge in [0.15, 0.2) is 5.11 Å². The Morgan fingerprint density at radius 2 is 2.35 bits per heavy atom. The van der Waals surface area contributed by atoms with E-state index in [4.69, 9.17) is 28.6 Å². The maximum Gasteiger partial charge on any atom is 0.170 e. The fourth-order valence-corrected chi connectivity index (χ4v) is 1.38. The number of thiocarbonyl (C=S) groups is 1. The van der Waals surface area contributed by atoms with Crippen molar-refractivity contribution in [2.75, 3.05) is 19.0 Å². The van der Waals surface area contributed by atoms with Gasteiger partial charge >= 0.3 is 0 Å². The Morgan fingerprint density at radius 1 is 1.65 bits per heavy atom. The van der Waals surface area contributed by atoms with Crippen LogP contribution in [0, 0.1) is 5.82 Å². The third-order valence-electron chi connectivity index (χ3n) is 1.85. The summed E-state index contributed by atoms with van der Waals surface area (Å²) in [7, 11) is 1.64. The molecular weight excluding hydrogens is 263 g/mol. The van der Waals surface area contributed by atoms with E-state index in [1.54, 1.807) is 13.1 Å². The van der Waals surface area contributed by atoms with Gasteiger partial charge in [0.25, 0.3) is 0 Å². The maximum absolute atomic E-state index is 13.5. The summed E-state index contributed by atoms with van der Waals surface area (Å²) < 4.78 is 18.8. The van der Waals surface area contributed by atoms with E-state index in [-0.39, 0.29) is 10.7 Å². The molecule has 0 saturated carbocycles. The first kappa shape index (κ1) is 13.7. The zero-order valence-corrected chi connectivity index (χ0v) is 10.8. The summed E-state index contributed by atoms with van der Waals surface area (Å²) in [5, 5.41) is 5.87. The molecule has 6 heteroatoms. The molecule has 0 saturated heterocycles. The van der Waals surface area contributed by atoms with Crippen LogP contribution in [0.3, 0.4) is 0 Å². The molecule has 0 amide bonds. The summed E-state index contributed by atoms with van der Waals surface area (Å²) in [6.07, 6.45) is 1.57. The Kier molecular flexibility index (Phi) is 5.18. The SMILES string of the molecule is C=CCOc1cc(NC(=S)NC)c(F)cc1Cl. The van der Waals surface area contributed by atoms with Crippen molar-refractivity contribution in [1.82, 2.24) is 5.32 Å². The Bertz CT molecular complexity index is 440. The molecule has 1 aromatic rings. The van der Waals surface area contributed by atoms with Crippen molar-refractivity contribution in [3.63, 3.8) is 0 Å². The van der Waals surface area contributed by atoms with E-state index in [1.807, 2.05) is 0 Å². The monoisotopic (exact) mass is 274 g/mol. The standard InChI is InChI=1S/C11H12ClFN2OS/c1-3-4-16-10-6-9(15-11(17)14-2)8(13)5-7(10)12/h3,5-6H,1,4H2,2H3,(H2,14,15,17). The molecule has 0 atom stereocenters. The van der Waals surface area contributed by atoms with Gasteiger partial charge < -0.3 is 15.4 Å². The van der Waals surface area contributed by atoms with Crippen LogP contribution in [-0.4, -0.2) is 18.8 Å². The van der Waals surface area contributed by atoms with Crippen molar-refractivity contribution in [2.45, 2.75) is 0 Å². The highest BCUT2D eigenvalue weighted by molar-refractivity contribution is 7.80. The van der Waals surface area contributed by atoms with Gasteiger partial charge in [-0.05, 0) is 18.3 Å². The lowest BCUT2D eigenvalue weighted by molar-refractivity contribution is 0.363. The van der Waals surface area contributed by atoms with E-state index < -0.39 is 5.82 Å². The van der Waals surface area contributed by atoms with Crippen LogP contribution in [0.15, 0.2) is 24.8 Å². The van der Waals surface area contributed by atoms with Gasteiger partial charge in [-0.15, -0.1) is 0 Å². The van der Waals surface area contributed by atoms with Crippen molar-refractivity contribution in [2.24, 2.45) is 0 Å². The minimum Gasteiger partial charge on any atom is -0.488 e. The Morgan fingerprint density at radius 3 is 2.94 bits per heavy atom. The number of benzene rings is 1. The zero-order chi connectivity index (χ0) is 12.8. The zero-order valence-electron chi connectivity index (χ0n) is 9.22.